The van der Waals surface area contributed by atoms with Crippen LogP contribution in [0, 0.1) is 11.3 Å². The zero-order chi connectivity index (χ0) is 13.8. The first kappa shape index (κ1) is 15.3. The average Bonchev–Trinajstić information content (AvgIpc) is 2.78. The Kier molecular flexibility index (Phi) is 5.50. The van der Waals surface area contributed by atoms with E-state index in [2.05, 4.69) is 5.32 Å². The van der Waals surface area contributed by atoms with Crippen molar-refractivity contribution >= 4 is 23.6 Å². The zero-order valence-corrected chi connectivity index (χ0v) is 12.2. The summed E-state index contributed by atoms with van der Waals surface area (Å²) in [4.78, 5) is 23.1. The Morgan fingerprint density at radius 3 is 2.61 bits per heavy atom. The van der Waals surface area contributed by atoms with Crippen LogP contribution in [0.25, 0.3) is 0 Å². The van der Waals surface area contributed by atoms with Crippen LogP contribution in [0.4, 0.5) is 0 Å². The van der Waals surface area contributed by atoms with Gasteiger partial charge in [-0.2, -0.15) is 11.8 Å². The summed E-state index contributed by atoms with van der Waals surface area (Å²) in [6, 6.07) is 0. The summed E-state index contributed by atoms with van der Waals surface area (Å²) >= 11 is 1.88. The van der Waals surface area contributed by atoms with E-state index in [1.54, 1.807) is 6.92 Å². The number of thioether (sulfide) groups is 1. The lowest BCUT2D eigenvalue weighted by Crippen LogP contribution is -2.40. The Balaban J connectivity index is 2.44. The van der Waals surface area contributed by atoms with Crippen LogP contribution in [-0.2, 0) is 9.59 Å². The molecule has 1 aliphatic rings. The van der Waals surface area contributed by atoms with E-state index < -0.39 is 11.4 Å². The van der Waals surface area contributed by atoms with E-state index >= 15 is 0 Å². The van der Waals surface area contributed by atoms with Gasteiger partial charge in [-0.1, -0.05) is 13.8 Å². The van der Waals surface area contributed by atoms with Gasteiger partial charge in [0, 0.05) is 18.2 Å². The Labute approximate surface area is 113 Å². The molecule has 1 rings (SSSR count). The standard InChI is InChI=1S/C13H23NO3S/c1-9(2)13(3,12(16)17)7-11(15)14-8-10-5-4-6-18-10/h9-10H,4-8H2,1-3H3,(H,14,15)(H,16,17). The number of aliphatic carboxylic acids is 1. The van der Waals surface area contributed by atoms with Crippen LogP contribution in [0.2, 0.25) is 0 Å². The highest BCUT2D eigenvalue weighted by Crippen LogP contribution is 2.31. The molecule has 2 atom stereocenters. The number of carbonyl (C=O) groups excluding carboxylic acids is 1. The molecule has 0 aromatic carbocycles. The number of rotatable bonds is 6. The second-order valence-electron chi connectivity index (χ2n) is 5.49. The van der Waals surface area contributed by atoms with Gasteiger partial charge in [0.05, 0.1) is 5.41 Å². The van der Waals surface area contributed by atoms with Crippen molar-refractivity contribution in [2.45, 2.75) is 45.3 Å². The van der Waals surface area contributed by atoms with E-state index in [4.69, 9.17) is 0 Å². The second-order valence-corrected chi connectivity index (χ2v) is 6.90. The smallest absolute Gasteiger partial charge is 0.310 e. The minimum atomic E-state index is -0.979. The van der Waals surface area contributed by atoms with Crippen molar-refractivity contribution in [2.75, 3.05) is 12.3 Å². The molecule has 0 aromatic heterocycles. The van der Waals surface area contributed by atoms with Gasteiger partial charge in [0.25, 0.3) is 0 Å². The molecule has 0 radical (unpaired) electrons. The van der Waals surface area contributed by atoms with Gasteiger partial charge in [-0.05, 0) is 31.4 Å². The number of carbonyl (C=O) groups is 2. The molecule has 1 amide bonds. The fourth-order valence-electron chi connectivity index (χ4n) is 1.96. The van der Waals surface area contributed by atoms with Crippen LogP contribution >= 0.6 is 11.8 Å². The van der Waals surface area contributed by atoms with Crippen molar-refractivity contribution in [3.63, 3.8) is 0 Å². The molecule has 5 heteroatoms. The Hall–Kier alpha value is -0.710. The molecule has 4 nitrogen and oxygen atoms in total. The number of nitrogens with one attached hydrogen (secondary N) is 1. The third-order valence-corrected chi connectivity index (χ3v) is 5.24. The normalized spacial score (nSPS) is 22.8. The van der Waals surface area contributed by atoms with Gasteiger partial charge < -0.3 is 10.4 Å². The van der Waals surface area contributed by atoms with E-state index in [1.165, 1.54) is 12.2 Å². The van der Waals surface area contributed by atoms with E-state index in [0.717, 1.165) is 6.42 Å². The molecular weight excluding hydrogens is 250 g/mol. The van der Waals surface area contributed by atoms with Crippen molar-refractivity contribution in [3.8, 4) is 0 Å². The summed E-state index contributed by atoms with van der Waals surface area (Å²) in [5, 5.41) is 12.6. The highest BCUT2D eigenvalue weighted by atomic mass is 32.2. The molecule has 1 fully saturated rings. The van der Waals surface area contributed by atoms with Gasteiger partial charge in [0.1, 0.15) is 0 Å². The number of hydrogen-bond acceptors (Lipinski definition) is 3. The van der Waals surface area contributed by atoms with Crippen LogP contribution in [0.5, 0.6) is 0 Å². The molecule has 0 aromatic rings. The fraction of sp³-hybridized carbons (Fsp3) is 0.846. The minimum absolute atomic E-state index is 0.0530. The summed E-state index contributed by atoms with van der Waals surface area (Å²) < 4.78 is 0. The number of amides is 1. The molecule has 1 aliphatic heterocycles. The highest BCUT2D eigenvalue weighted by molar-refractivity contribution is 8.00. The van der Waals surface area contributed by atoms with Crippen molar-refractivity contribution < 1.29 is 14.7 Å². The Morgan fingerprint density at radius 2 is 2.17 bits per heavy atom. The summed E-state index contributed by atoms with van der Waals surface area (Å²) in [7, 11) is 0. The maximum Gasteiger partial charge on any atom is 0.310 e. The average molecular weight is 273 g/mol. The third-order valence-electron chi connectivity index (χ3n) is 3.84. The van der Waals surface area contributed by atoms with Crippen molar-refractivity contribution in [2.24, 2.45) is 11.3 Å². The van der Waals surface area contributed by atoms with E-state index in [-0.39, 0.29) is 18.2 Å². The van der Waals surface area contributed by atoms with E-state index in [9.17, 15) is 14.7 Å². The van der Waals surface area contributed by atoms with Gasteiger partial charge in [-0.15, -0.1) is 0 Å². The number of hydrogen-bond donors (Lipinski definition) is 2. The molecule has 0 saturated carbocycles. The molecule has 1 saturated heterocycles. The largest absolute Gasteiger partial charge is 0.481 e. The van der Waals surface area contributed by atoms with Crippen LogP contribution in [0.15, 0.2) is 0 Å². The lowest BCUT2D eigenvalue weighted by Gasteiger charge is -2.28. The maximum absolute atomic E-state index is 11.8. The lowest BCUT2D eigenvalue weighted by molar-refractivity contribution is -0.153. The zero-order valence-electron chi connectivity index (χ0n) is 11.4. The third kappa shape index (κ3) is 3.90. The molecule has 18 heavy (non-hydrogen) atoms. The van der Waals surface area contributed by atoms with Crippen molar-refractivity contribution in [1.82, 2.24) is 5.32 Å². The van der Waals surface area contributed by atoms with Crippen molar-refractivity contribution in [3.05, 3.63) is 0 Å². The summed E-state index contributed by atoms with van der Waals surface area (Å²) in [5.74, 6) is 0.0462. The van der Waals surface area contributed by atoms with Crippen LogP contribution in [0.1, 0.15) is 40.0 Å². The van der Waals surface area contributed by atoms with Gasteiger partial charge in [0.15, 0.2) is 0 Å². The van der Waals surface area contributed by atoms with E-state index in [1.807, 2.05) is 25.6 Å². The summed E-state index contributed by atoms with van der Waals surface area (Å²) in [6.07, 6.45) is 2.41. The highest BCUT2D eigenvalue weighted by Gasteiger charge is 2.38. The molecule has 1 heterocycles. The SMILES string of the molecule is CC(C)C(C)(CC(=O)NCC1CCCS1)C(=O)O. The predicted molar refractivity (Wildman–Crippen MR) is 73.7 cm³/mol. The van der Waals surface area contributed by atoms with Crippen LogP contribution < -0.4 is 5.32 Å². The molecule has 0 bridgehead atoms. The lowest BCUT2D eigenvalue weighted by atomic mass is 9.76. The van der Waals surface area contributed by atoms with Gasteiger partial charge in [-0.3, -0.25) is 9.59 Å². The molecular formula is C13H23NO3S. The molecule has 0 spiro atoms. The molecule has 0 aliphatic carbocycles. The monoisotopic (exact) mass is 273 g/mol. The molecule has 104 valence electrons. The number of carboxylic acids is 1. The maximum atomic E-state index is 11.8. The molecule has 2 N–H and O–H groups in total. The summed E-state index contributed by atoms with van der Waals surface area (Å²) in [5.41, 5.74) is -0.979. The van der Waals surface area contributed by atoms with Crippen LogP contribution in [0.3, 0.4) is 0 Å². The summed E-state index contributed by atoms with van der Waals surface area (Å²) in [6.45, 7) is 5.99. The fourth-order valence-corrected chi connectivity index (χ4v) is 3.16. The van der Waals surface area contributed by atoms with Gasteiger partial charge in [0.2, 0.25) is 5.91 Å². The first-order valence-electron chi connectivity index (χ1n) is 6.48. The first-order valence-corrected chi connectivity index (χ1v) is 7.53. The molecule has 2 unspecified atom stereocenters. The Morgan fingerprint density at radius 1 is 1.50 bits per heavy atom. The van der Waals surface area contributed by atoms with Crippen LogP contribution in [-0.4, -0.2) is 34.5 Å². The van der Waals surface area contributed by atoms with Gasteiger partial charge in [-0.25, -0.2) is 0 Å². The number of carboxylic acid groups (broad SMARTS) is 1. The van der Waals surface area contributed by atoms with Gasteiger partial charge >= 0.3 is 5.97 Å². The topological polar surface area (TPSA) is 66.4 Å². The van der Waals surface area contributed by atoms with E-state index in [0.29, 0.717) is 11.8 Å². The quantitative estimate of drug-likeness (QED) is 0.778. The van der Waals surface area contributed by atoms with Crippen molar-refractivity contribution in [1.29, 1.82) is 0 Å². The first-order chi connectivity index (χ1) is 8.36. The Bertz CT molecular complexity index is 313. The minimum Gasteiger partial charge on any atom is -0.481 e. The predicted octanol–water partition coefficient (Wildman–Crippen LogP) is 2.14. The second kappa shape index (κ2) is 6.45.